The summed E-state index contributed by atoms with van der Waals surface area (Å²) in [5.74, 6) is -1.34. The predicted octanol–water partition coefficient (Wildman–Crippen LogP) is 4.07. The highest BCUT2D eigenvalue weighted by molar-refractivity contribution is 6.20. The second-order valence-corrected chi connectivity index (χ2v) is 4.71. The molecular formula is C17H15FO2. The average Bonchev–Trinajstić information content (AvgIpc) is 2.41. The van der Waals surface area contributed by atoms with Gasteiger partial charge in [0.1, 0.15) is 5.82 Å². The second kappa shape index (κ2) is 5.70. The van der Waals surface area contributed by atoms with Crippen LogP contribution in [0.4, 0.5) is 4.39 Å². The van der Waals surface area contributed by atoms with Gasteiger partial charge in [0.15, 0.2) is 0 Å². The lowest BCUT2D eigenvalue weighted by Crippen LogP contribution is -2.00. The Morgan fingerprint density at radius 1 is 1.05 bits per heavy atom. The molecule has 20 heavy (non-hydrogen) atoms. The molecule has 0 radical (unpaired) electrons. The molecule has 2 rings (SSSR count). The highest BCUT2D eigenvalue weighted by atomic mass is 19.1. The van der Waals surface area contributed by atoms with E-state index in [2.05, 4.69) is 0 Å². The number of aliphatic carboxylic acids is 1. The van der Waals surface area contributed by atoms with Crippen LogP contribution in [0.2, 0.25) is 0 Å². The lowest BCUT2D eigenvalue weighted by Gasteiger charge is -2.06. The number of carboxylic acids is 1. The van der Waals surface area contributed by atoms with Crippen molar-refractivity contribution in [2.45, 2.75) is 13.8 Å². The first-order valence-electron chi connectivity index (χ1n) is 6.25. The van der Waals surface area contributed by atoms with Crippen LogP contribution in [0, 0.1) is 19.7 Å². The normalized spacial score (nSPS) is 11.4. The third kappa shape index (κ3) is 3.12. The van der Waals surface area contributed by atoms with Crippen LogP contribution in [0.5, 0.6) is 0 Å². The van der Waals surface area contributed by atoms with E-state index < -0.39 is 5.97 Å². The van der Waals surface area contributed by atoms with Crippen LogP contribution >= 0.6 is 0 Å². The number of hydrogen-bond donors (Lipinski definition) is 1. The van der Waals surface area contributed by atoms with E-state index in [1.165, 1.54) is 12.1 Å². The third-order valence-electron chi connectivity index (χ3n) is 3.23. The molecule has 2 aromatic carbocycles. The van der Waals surface area contributed by atoms with Gasteiger partial charge in [0.05, 0.1) is 5.57 Å². The fourth-order valence-corrected chi connectivity index (χ4v) is 1.90. The number of benzene rings is 2. The highest BCUT2D eigenvalue weighted by Crippen LogP contribution is 2.21. The summed E-state index contributed by atoms with van der Waals surface area (Å²) in [6, 6.07) is 11.3. The Bertz CT molecular complexity index is 670. The van der Waals surface area contributed by atoms with Gasteiger partial charge in [-0.05, 0) is 54.3 Å². The Balaban J connectivity index is 2.48. The van der Waals surface area contributed by atoms with Gasteiger partial charge in [-0.1, -0.05) is 30.3 Å². The minimum atomic E-state index is -1.00. The van der Waals surface area contributed by atoms with Gasteiger partial charge in [0.2, 0.25) is 0 Å². The first kappa shape index (κ1) is 14.0. The molecule has 0 spiro atoms. The average molecular weight is 270 g/mol. The van der Waals surface area contributed by atoms with Crippen LogP contribution in [0.3, 0.4) is 0 Å². The molecule has 0 amide bonds. The largest absolute Gasteiger partial charge is 0.478 e. The summed E-state index contributed by atoms with van der Waals surface area (Å²) < 4.78 is 12.9. The zero-order chi connectivity index (χ0) is 14.7. The van der Waals surface area contributed by atoms with E-state index >= 15 is 0 Å². The van der Waals surface area contributed by atoms with Crippen molar-refractivity contribution in [1.29, 1.82) is 0 Å². The fraction of sp³-hybridized carbons (Fsp3) is 0.118. The number of rotatable bonds is 3. The molecule has 1 N–H and O–H groups in total. The van der Waals surface area contributed by atoms with E-state index in [9.17, 15) is 14.3 Å². The molecule has 2 nitrogen and oxygen atoms in total. The van der Waals surface area contributed by atoms with Crippen molar-refractivity contribution in [2.24, 2.45) is 0 Å². The lowest BCUT2D eigenvalue weighted by molar-refractivity contribution is -0.130. The molecule has 0 aromatic heterocycles. The van der Waals surface area contributed by atoms with E-state index in [0.29, 0.717) is 11.1 Å². The van der Waals surface area contributed by atoms with Crippen molar-refractivity contribution < 1.29 is 14.3 Å². The number of aryl methyl sites for hydroxylation is 2. The molecule has 0 saturated carbocycles. The Morgan fingerprint density at radius 2 is 1.70 bits per heavy atom. The van der Waals surface area contributed by atoms with Crippen molar-refractivity contribution >= 4 is 17.6 Å². The van der Waals surface area contributed by atoms with Gasteiger partial charge in [0.25, 0.3) is 0 Å². The molecule has 102 valence electrons. The van der Waals surface area contributed by atoms with E-state index in [-0.39, 0.29) is 11.4 Å². The first-order valence-corrected chi connectivity index (χ1v) is 6.25. The zero-order valence-electron chi connectivity index (χ0n) is 11.4. The summed E-state index contributed by atoms with van der Waals surface area (Å²) in [4.78, 5) is 11.4. The number of carboxylic acid groups (broad SMARTS) is 1. The Hall–Kier alpha value is -2.42. The van der Waals surface area contributed by atoms with Crippen molar-refractivity contribution in [1.82, 2.24) is 0 Å². The third-order valence-corrected chi connectivity index (χ3v) is 3.23. The van der Waals surface area contributed by atoms with E-state index in [4.69, 9.17) is 0 Å². The lowest BCUT2D eigenvalue weighted by atomic mass is 9.99. The van der Waals surface area contributed by atoms with Crippen LogP contribution in [-0.4, -0.2) is 11.1 Å². The van der Waals surface area contributed by atoms with Gasteiger partial charge in [-0.2, -0.15) is 0 Å². The van der Waals surface area contributed by atoms with E-state index in [1.54, 1.807) is 24.3 Å². The van der Waals surface area contributed by atoms with Crippen LogP contribution in [0.25, 0.3) is 11.6 Å². The maximum Gasteiger partial charge on any atom is 0.336 e. The Morgan fingerprint density at radius 3 is 2.25 bits per heavy atom. The van der Waals surface area contributed by atoms with Gasteiger partial charge in [0, 0.05) is 0 Å². The van der Waals surface area contributed by atoms with Crippen LogP contribution < -0.4 is 0 Å². The molecule has 0 aliphatic carbocycles. The Labute approximate surface area is 117 Å². The molecule has 0 saturated heterocycles. The number of hydrogen-bond acceptors (Lipinski definition) is 1. The fourth-order valence-electron chi connectivity index (χ4n) is 1.90. The molecule has 2 aromatic rings. The number of halogens is 1. The van der Waals surface area contributed by atoms with Crippen LogP contribution in [0.1, 0.15) is 22.3 Å². The standard InChI is InChI=1S/C17H15FO2/c1-11-3-6-14(9-12(11)2)16(17(19)20)10-13-4-7-15(18)8-5-13/h3-10H,1-2H3,(H,19,20)/b16-10-. The molecular weight excluding hydrogens is 255 g/mol. The molecule has 0 aliphatic rings. The second-order valence-electron chi connectivity index (χ2n) is 4.71. The maximum absolute atomic E-state index is 12.9. The monoisotopic (exact) mass is 270 g/mol. The quantitative estimate of drug-likeness (QED) is 0.674. The molecule has 0 unspecified atom stereocenters. The van der Waals surface area contributed by atoms with Gasteiger partial charge in [-0.3, -0.25) is 0 Å². The molecule has 0 atom stereocenters. The van der Waals surface area contributed by atoms with Gasteiger partial charge < -0.3 is 5.11 Å². The summed E-state index contributed by atoms with van der Waals surface area (Å²) in [6.07, 6.45) is 1.55. The SMILES string of the molecule is Cc1ccc(/C(=C/c2ccc(F)cc2)C(=O)O)cc1C. The summed E-state index contributed by atoms with van der Waals surface area (Å²) in [5.41, 5.74) is 3.64. The summed E-state index contributed by atoms with van der Waals surface area (Å²) in [5, 5.41) is 9.36. The van der Waals surface area contributed by atoms with Gasteiger partial charge >= 0.3 is 5.97 Å². The molecule has 0 heterocycles. The highest BCUT2D eigenvalue weighted by Gasteiger charge is 2.11. The predicted molar refractivity (Wildman–Crippen MR) is 77.8 cm³/mol. The smallest absolute Gasteiger partial charge is 0.336 e. The first-order chi connectivity index (χ1) is 9.47. The molecule has 0 bridgehead atoms. The van der Waals surface area contributed by atoms with Crippen molar-refractivity contribution in [3.8, 4) is 0 Å². The summed E-state index contributed by atoms with van der Waals surface area (Å²) in [6.45, 7) is 3.92. The molecule has 0 fully saturated rings. The van der Waals surface area contributed by atoms with Crippen LogP contribution in [0.15, 0.2) is 42.5 Å². The van der Waals surface area contributed by atoms with Crippen molar-refractivity contribution in [3.05, 3.63) is 70.5 Å². The van der Waals surface area contributed by atoms with Gasteiger partial charge in [-0.15, -0.1) is 0 Å². The van der Waals surface area contributed by atoms with Crippen molar-refractivity contribution in [2.75, 3.05) is 0 Å². The maximum atomic E-state index is 12.9. The molecule has 3 heteroatoms. The minimum Gasteiger partial charge on any atom is -0.478 e. The topological polar surface area (TPSA) is 37.3 Å². The summed E-state index contributed by atoms with van der Waals surface area (Å²) in [7, 11) is 0. The summed E-state index contributed by atoms with van der Waals surface area (Å²) >= 11 is 0. The van der Waals surface area contributed by atoms with Crippen LogP contribution in [-0.2, 0) is 4.79 Å². The zero-order valence-corrected chi connectivity index (χ0v) is 11.4. The van der Waals surface area contributed by atoms with E-state index in [1.807, 2.05) is 26.0 Å². The Kier molecular flexibility index (Phi) is 3.99. The minimum absolute atomic E-state index is 0.194. The number of carbonyl (C=O) groups is 1. The van der Waals surface area contributed by atoms with Gasteiger partial charge in [-0.25, -0.2) is 9.18 Å². The van der Waals surface area contributed by atoms with E-state index in [0.717, 1.165) is 11.1 Å². The van der Waals surface area contributed by atoms with Crippen molar-refractivity contribution in [3.63, 3.8) is 0 Å². The molecule has 0 aliphatic heterocycles.